The summed E-state index contributed by atoms with van der Waals surface area (Å²) in [6.07, 6.45) is 1.67. The zero-order valence-corrected chi connectivity index (χ0v) is 19.3. The molecule has 2 saturated heterocycles. The van der Waals surface area contributed by atoms with Crippen LogP contribution in [0.5, 0.6) is 0 Å². The van der Waals surface area contributed by atoms with Crippen LogP contribution >= 0.6 is 0 Å². The third-order valence-corrected chi connectivity index (χ3v) is 6.76. The van der Waals surface area contributed by atoms with E-state index in [0.717, 1.165) is 71.3 Å². The summed E-state index contributed by atoms with van der Waals surface area (Å²) in [7, 11) is 0. The number of nitrogens with one attached hydrogen (secondary N) is 2. The summed E-state index contributed by atoms with van der Waals surface area (Å²) >= 11 is 0. The first-order chi connectivity index (χ1) is 16.7. The molecule has 0 spiro atoms. The third-order valence-electron chi connectivity index (χ3n) is 6.76. The molecule has 2 amide bonds. The smallest absolute Gasteiger partial charge is 0.260 e. The van der Waals surface area contributed by atoms with Crippen LogP contribution < -0.4 is 15.5 Å². The molecule has 178 valence electrons. The monoisotopic (exact) mass is 461 g/mol. The largest absolute Gasteiger partial charge is 0.379 e. The van der Waals surface area contributed by atoms with Crippen LogP contribution in [0.15, 0.2) is 54.7 Å². The summed E-state index contributed by atoms with van der Waals surface area (Å²) in [5, 5.41) is 5.61. The lowest BCUT2D eigenvalue weighted by Gasteiger charge is -2.37. The van der Waals surface area contributed by atoms with Gasteiger partial charge in [0.15, 0.2) is 0 Å². The van der Waals surface area contributed by atoms with Crippen molar-refractivity contribution in [1.29, 1.82) is 0 Å². The number of hydrogen-bond acceptors (Lipinski definition) is 7. The van der Waals surface area contributed by atoms with Crippen LogP contribution in [0.3, 0.4) is 0 Å². The molecule has 0 aliphatic carbocycles. The molecule has 0 unspecified atom stereocenters. The van der Waals surface area contributed by atoms with E-state index >= 15 is 0 Å². The molecule has 3 aliphatic heterocycles. The predicted octanol–water partition coefficient (Wildman–Crippen LogP) is 1.86. The number of amides is 2. The van der Waals surface area contributed by atoms with Crippen LogP contribution in [-0.4, -0.2) is 87.2 Å². The number of anilines is 2. The number of nitrogens with zero attached hydrogens (tertiary/aromatic N) is 3. The van der Waals surface area contributed by atoms with Gasteiger partial charge in [-0.15, -0.1) is 0 Å². The van der Waals surface area contributed by atoms with Gasteiger partial charge in [-0.25, -0.2) is 0 Å². The van der Waals surface area contributed by atoms with E-state index in [9.17, 15) is 9.59 Å². The van der Waals surface area contributed by atoms with E-state index in [0.29, 0.717) is 16.7 Å². The quantitative estimate of drug-likeness (QED) is 0.502. The molecule has 3 heterocycles. The topological polar surface area (TPSA) is 77.2 Å². The minimum absolute atomic E-state index is 0.358. The highest BCUT2D eigenvalue weighted by Crippen LogP contribution is 2.25. The van der Waals surface area contributed by atoms with Gasteiger partial charge in [-0.3, -0.25) is 24.7 Å². The molecule has 3 aliphatic rings. The Kier molecular flexibility index (Phi) is 6.89. The summed E-state index contributed by atoms with van der Waals surface area (Å²) in [4.78, 5) is 31.9. The van der Waals surface area contributed by atoms with E-state index in [-0.39, 0.29) is 11.8 Å². The van der Waals surface area contributed by atoms with Crippen LogP contribution in [0.25, 0.3) is 5.57 Å². The van der Waals surface area contributed by atoms with Crippen molar-refractivity contribution in [2.24, 2.45) is 0 Å². The molecule has 8 heteroatoms. The van der Waals surface area contributed by atoms with Crippen LogP contribution in [0.1, 0.15) is 15.9 Å². The van der Waals surface area contributed by atoms with E-state index in [1.165, 1.54) is 5.69 Å². The second-order valence-corrected chi connectivity index (χ2v) is 8.86. The Hall–Kier alpha value is -3.20. The first-order valence-corrected chi connectivity index (χ1v) is 12.0. The first-order valence-electron chi connectivity index (χ1n) is 12.0. The number of carbonyl (C=O) groups excluding carboxylic acids is 2. The number of morpholine rings is 1. The molecule has 0 aromatic heterocycles. The Morgan fingerprint density at radius 2 is 1.44 bits per heavy atom. The molecule has 0 saturated carbocycles. The summed E-state index contributed by atoms with van der Waals surface area (Å²) < 4.78 is 5.43. The molecule has 0 radical (unpaired) electrons. The van der Waals surface area contributed by atoms with Gasteiger partial charge in [-0.1, -0.05) is 18.2 Å². The van der Waals surface area contributed by atoms with Crippen LogP contribution in [0.2, 0.25) is 0 Å². The maximum atomic E-state index is 12.4. The summed E-state index contributed by atoms with van der Waals surface area (Å²) in [5.74, 6) is -0.748. The van der Waals surface area contributed by atoms with E-state index in [2.05, 4.69) is 37.5 Å². The highest BCUT2D eigenvalue weighted by Gasteiger charge is 2.26. The fraction of sp³-hybridized carbons (Fsp3) is 0.385. The molecule has 34 heavy (non-hydrogen) atoms. The average Bonchev–Trinajstić information content (AvgIpc) is 2.89. The third kappa shape index (κ3) is 5.14. The predicted molar refractivity (Wildman–Crippen MR) is 133 cm³/mol. The zero-order valence-electron chi connectivity index (χ0n) is 19.3. The fourth-order valence-electron chi connectivity index (χ4n) is 4.68. The maximum Gasteiger partial charge on any atom is 0.260 e. The van der Waals surface area contributed by atoms with E-state index in [1.54, 1.807) is 24.4 Å². The highest BCUT2D eigenvalue weighted by molar-refractivity contribution is 6.31. The Labute approximate surface area is 200 Å². The molecule has 2 N–H and O–H groups in total. The summed E-state index contributed by atoms with van der Waals surface area (Å²) in [6, 6.07) is 15.4. The minimum Gasteiger partial charge on any atom is -0.379 e. The van der Waals surface area contributed by atoms with Crippen molar-refractivity contribution in [2.75, 3.05) is 75.8 Å². The maximum absolute atomic E-state index is 12.4. The molecule has 8 nitrogen and oxygen atoms in total. The molecule has 2 fully saturated rings. The van der Waals surface area contributed by atoms with Crippen LogP contribution in [-0.2, 0) is 9.53 Å². The number of ether oxygens (including phenoxy) is 1. The van der Waals surface area contributed by atoms with Gasteiger partial charge in [0, 0.05) is 81.1 Å². The minimum atomic E-state index is -0.390. The van der Waals surface area contributed by atoms with Gasteiger partial charge < -0.3 is 15.0 Å². The Morgan fingerprint density at radius 3 is 2.15 bits per heavy atom. The van der Waals surface area contributed by atoms with Crippen LogP contribution in [0, 0.1) is 0 Å². The Morgan fingerprint density at radius 1 is 0.794 bits per heavy atom. The highest BCUT2D eigenvalue weighted by atomic mass is 16.5. The first kappa shape index (κ1) is 22.6. The molecule has 0 atom stereocenters. The van der Waals surface area contributed by atoms with Crippen molar-refractivity contribution in [3.8, 4) is 0 Å². The van der Waals surface area contributed by atoms with Crippen molar-refractivity contribution in [2.45, 2.75) is 0 Å². The molecule has 5 rings (SSSR count). The van der Waals surface area contributed by atoms with Crippen molar-refractivity contribution in [1.82, 2.24) is 15.1 Å². The number of carbonyl (C=O) groups is 2. The number of fused-ring (bicyclic) bond motifs is 1. The fourth-order valence-corrected chi connectivity index (χ4v) is 4.68. The molecule has 0 bridgehead atoms. The second kappa shape index (κ2) is 10.4. The van der Waals surface area contributed by atoms with Gasteiger partial charge in [0.1, 0.15) is 0 Å². The van der Waals surface area contributed by atoms with E-state index < -0.39 is 0 Å². The van der Waals surface area contributed by atoms with Crippen molar-refractivity contribution in [3.63, 3.8) is 0 Å². The lowest BCUT2D eigenvalue weighted by atomic mass is 9.96. The standard InChI is InChI=1S/C26H31N5O3/c32-25-23-4-2-1-3-22(23)24(26(33)28-25)19-27-20-5-7-21(8-6-20)31-13-11-29(12-14-31)9-10-30-15-17-34-18-16-30/h1-8,19,27H,9-18H2,(H,28,32,33). The number of imide groups is 1. The molecule has 2 aromatic carbocycles. The Bertz CT molecular complexity index is 1050. The van der Waals surface area contributed by atoms with Crippen molar-refractivity contribution in [3.05, 3.63) is 65.9 Å². The number of piperazine rings is 1. The van der Waals surface area contributed by atoms with E-state index in [1.807, 2.05) is 18.2 Å². The van der Waals surface area contributed by atoms with Crippen molar-refractivity contribution >= 4 is 28.8 Å². The molecular formula is C26H31N5O3. The number of hydrogen-bond donors (Lipinski definition) is 2. The zero-order chi connectivity index (χ0) is 23.3. The lowest BCUT2D eigenvalue weighted by Crippen LogP contribution is -2.49. The van der Waals surface area contributed by atoms with Crippen LogP contribution in [0.4, 0.5) is 11.4 Å². The normalized spacial score (nSPS) is 20.8. The second-order valence-electron chi connectivity index (χ2n) is 8.86. The van der Waals surface area contributed by atoms with Gasteiger partial charge in [0.05, 0.1) is 18.8 Å². The SMILES string of the molecule is O=C1NC(=O)c2ccccc2C1=CNc1ccc(N2CCN(CCN3CCOCC3)CC2)cc1. The van der Waals surface area contributed by atoms with Gasteiger partial charge in [-0.05, 0) is 30.3 Å². The van der Waals surface area contributed by atoms with E-state index in [4.69, 9.17) is 4.74 Å². The van der Waals surface area contributed by atoms with Crippen molar-refractivity contribution < 1.29 is 14.3 Å². The molecule has 2 aromatic rings. The molecular weight excluding hydrogens is 430 g/mol. The van der Waals surface area contributed by atoms with Gasteiger partial charge in [0.2, 0.25) is 0 Å². The Balaban J connectivity index is 1.15. The van der Waals surface area contributed by atoms with Gasteiger partial charge >= 0.3 is 0 Å². The summed E-state index contributed by atoms with van der Waals surface area (Å²) in [6.45, 7) is 10.2. The average molecular weight is 462 g/mol. The van der Waals surface area contributed by atoms with Gasteiger partial charge in [-0.2, -0.15) is 0 Å². The lowest BCUT2D eigenvalue weighted by molar-refractivity contribution is -0.114. The number of benzene rings is 2. The van der Waals surface area contributed by atoms with Gasteiger partial charge in [0.25, 0.3) is 11.8 Å². The number of rotatable bonds is 6. The summed E-state index contributed by atoms with van der Waals surface area (Å²) in [5.41, 5.74) is 3.70.